The summed E-state index contributed by atoms with van der Waals surface area (Å²) in [4.78, 5) is 7.61. The molecule has 196 valence electrons. The maximum absolute atomic E-state index is 3.95. The molecule has 4 aromatic carbocycles. The van der Waals surface area contributed by atoms with Crippen LogP contribution in [-0.4, -0.2) is 26.2 Å². The van der Waals surface area contributed by atoms with Gasteiger partial charge in [-0.3, -0.25) is 0 Å². The van der Waals surface area contributed by atoms with E-state index in [1.807, 2.05) is 11.8 Å². The first-order chi connectivity index (χ1) is 18.5. The normalized spacial score (nSPS) is 19.2. The van der Waals surface area contributed by atoms with Crippen molar-refractivity contribution in [1.82, 2.24) is 0 Å². The smallest absolute Gasteiger partial charge is 1.00 e. The van der Waals surface area contributed by atoms with E-state index in [2.05, 4.69) is 129 Å². The molecule has 0 amide bonds. The molecule has 0 spiro atoms. The van der Waals surface area contributed by atoms with E-state index in [1.165, 1.54) is 64.3 Å². The van der Waals surface area contributed by atoms with Gasteiger partial charge >= 0.3 is 255 Å². The number of benzene rings is 4. The van der Waals surface area contributed by atoms with Crippen molar-refractivity contribution in [3.05, 3.63) is 102 Å². The van der Waals surface area contributed by atoms with Gasteiger partial charge in [0.15, 0.2) is 0 Å². The summed E-state index contributed by atoms with van der Waals surface area (Å²) in [5, 5.41) is 5.53. The Labute approximate surface area is 277 Å². The van der Waals surface area contributed by atoms with Crippen molar-refractivity contribution < 1.29 is 48.0 Å². The molecule has 40 heavy (non-hydrogen) atoms. The summed E-state index contributed by atoms with van der Waals surface area (Å²) in [5.74, 6) is 0. The zero-order chi connectivity index (χ0) is 25.4. The van der Waals surface area contributed by atoms with Crippen molar-refractivity contribution in [2.75, 3.05) is 23.9 Å². The van der Waals surface area contributed by atoms with E-state index < -0.39 is 23.2 Å². The second kappa shape index (κ2) is 9.62. The standard InChI is InChI=1S/C32H20Br2N2S.2ClH.Zr/c1-35-25-9-5-3-7-19(25)29-17-11-13-23(33)31(21(17)15-27(29)35)37-32-22-16-28-30(18(22)12-14-24(32)34)20-8-4-6-10-26(20)36(28)2;;;/h3-6,9-16,27-28H,1-2H3;2*1H;/q;;;+2/p-2. The van der Waals surface area contributed by atoms with Crippen LogP contribution in [0.15, 0.2) is 79.4 Å². The van der Waals surface area contributed by atoms with Gasteiger partial charge in [-0.15, -0.1) is 0 Å². The van der Waals surface area contributed by atoms with Gasteiger partial charge in [0.2, 0.25) is 0 Å². The number of nitrogens with zero attached hydrogens (tertiary/aromatic N) is 2. The van der Waals surface area contributed by atoms with Gasteiger partial charge in [0.05, 0.1) is 0 Å². The Balaban J connectivity index is 0.00000132. The van der Waals surface area contributed by atoms with E-state index in [0.29, 0.717) is 0 Å². The molecule has 3 heterocycles. The zero-order valence-corrected chi connectivity index (χ0v) is 29.4. The minimum Gasteiger partial charge on any atom is -1.00 e. The minimum absolute atomic E-state index is 0. The second-order valence-electron chi connectivity index (χ2n) is 10.6. The molecule has 0 aromatic heterocycles. The number of likely N-dealkylation sites (N-methyl/N-ethyl adjacent to an activating group) is 2. The molecule has 0 fully saturated rings. The summed E-state index contributed by atoms with van der Waals surface area (Å²) in [6.45, 7) is 0. The summed E-state index contributed by atoms with van der Waals surface area (Å²) in [6.07, 6.45) is 5.01. The van der Waals surface area contributed by atoms with E-state index >= 15 is 0 Å². The SMILES string of the molecule is CN1c2ccc[c]3c2C2=c4ccc(Br)c(c4=CC21)Sc1c(Br)ccc2c1=CC1C=2c2[c](cccc2N1C)[Zr+2]3.[Cl-].[Cl-]. The third-order valence-electron chi connectivity index (χ3n) is 8.81. The molecule has 2 atom stereocenters. The summed E-state index contributed by atoms with van der Waals surface area (Å²) in [5.41, 5.74) is 8.77. The fraction of sp³-hybridized carbons (Fsp3) is 0.125. The van der Waals surface area contributed by atoms with Crippen LogP contribution >= 0.6 is 43.6 Å². The predicted octanol–water partition coefficient (Wildman–Crippen LogP) is -2.66. The molecule has 9 rings (SSSR count). The van der Waals surface area contributed by atoms with Gasteiger partial charge < -0.3 is 24.8 Å². The molecule has 8 bridgehead atoms. The molecule has 4 aromatic rings. The molecule has 8 heteroatoms. The number of hydrogen-bond donors (Lipinski definition) is 0. The quantitative estimate of drug-likeness (QED) is 0.193. The first-order valence-electron chi connectivity index (χ1n) is 12.8. The van der Waals surface area contributed by atoms with Gasteiger partial charge in [-0.25, -0.2) is 0 Å². The van der Waals surface area contributed by atoms with Gasteiger partial charge in [-0.1, -0.05) is 0 Å². The number of anilines is 2. The minimum atomic E-state index is -1.13. The Morgan fingerprint density at radius 1 is 0.650 bits per heavy atom. The molecule has 2 nitrogen and oxygen atoms in total. The average molecular weight is 787 g/mol. The fourth-order valence-electron chi connectivity index (χ4n) is 7.12. The average Bonchev–Trinajstić information content (AvgIpc) is 3.62. The molecule has 2 unspecified atom stereocenters. The molecule has 0 radical (unpaired) electrons. The Morgan fingerprint density at radius 3 is 1.55 bits per heavy atom. The van der Waals surface area contributed by atoms with Crippen LogP contribution < -0.4 is 62.0 Å². The molecule has 0 saturated carbocycles. The Bertz CT molecular complexity index is 1930. The molecular weight excluding hydrogens is 766 g/mol. The summed E-state index contributed by atoms with van der Waals surface area (Å²) in [6, 6.07) is 23.8. The molecule has 0 N–H and O–H groups in total. The molecule has 0 saturated heterocycles. The van der Waals surface area contributed by atoms with E-state index in [0.717, 1.165) is 8.95 Å². The zero-order valence-electron chi connectivity index (χ0n) is 21.4. The maximum atomic E-state index is 3.95. The molecule has 5 aliphatic rings. The van der Waals surface area contributed by atoms with Crippen LogP contribution in [0.25, 0.3) is 23.3 Å². The summed E-state index contributed by atoms with van der Waals surface area (Å²) < 4.78 is 5.50. The number of halogens is 4. The van der Waals surface area contributed by atoms with Gasteiger partial charge in [0, 0.05) is 0 Å². The first kappa shape index (κ1) is 27.6. The van der Waals surface area contributed by atoms with E-state index in [-0.39, 0.29) is 36.9 Å². The predicted molar refractivity (Wildman–Crippen MR) is 161 cm³/mol. The van der Waals surface area contributed by atoms with Crippen molar-refractivity contribution in [1.29, 1.82) is 0 Å². The van der Waals surface area contributed by atoms with Crippen molar-refractivity contribution in [3.63, 3.8) is 0 Å². The summed E-state index contributed by atoms with van der Waals surface area (Å²) >= 11 is 8.67. The van der Waals surface area contributed by atoms with Crippen LogP contribution in [0.2, 0.25) is 0 Å². The van der Waals surface area contributed by atoms with Crippen molar-refractivity contribution in [2.45, 2.75) is 21.9 Å². The molecule has 3 aliphatic heterocycles. The van der Waals surface area contributed by atoms with Gasteiger partial charge in [-0.05, 0) is 0 Å². The van der Waals surface area contributed by atoms with Crippen LogP contribution in [-0.2, 0) is 23.2 Å². The second-order valence-corrected chi connectivity index (χ2v) is 16.6. The van der Waals surface area contributed by atoms with E-state index in [4.69, 9.17) is 0 Å². The van der Waals surface area contributed by atoms with Crippen LogP contribution in [0.5, 0.6) is 0 Å². The monoisotopic (exact) mass is 782 g/mol. The largest absolute Gasteiger partial charge is 1.00 e. The van der Waals surface area contributed by atoms with E-state index in [9.17, 15) is 0 Å². The Kier molecular flexibility index (Phi) is 6.63. The number of hydrogen-bond acceptors (Lipinski definition) is 3. The Hall–Kier alpha value is -1.27. The van der Waals surface area contributed by atoms with Crippen molar-refractivity contribution in [2.24, 2.45) is 0 Å². The fourth-order valence-corrected chi connectivity index (χ4v) is 12.9. The summed E-state index contributed by atoms with van der Waals surface area (Å²) in [7, 11) is 4.54. The molecular formula is C32H20Br2Cl2N2SZr. The van der Waals surface area contributed by atoms with Crippen LogP contribution in [0.1, 0.15) is 11.1 Å². The third-order valence-corrected chi connectivity index (χ3v) is 15.3. The van der Waals surface area contributed by atoms with Crippen LogP contribution in [0, 0.1) is 0 Å². The van der Waals surface area contributed by atoms with Crippen molar-refractivity contribution in [3.8, 4) is 0 Å². The van der Waals surface area contributed by atoms with Crippen LogP contribution in [0.4, 0.5) is 11.4 Å². The molecule has 2 aliphatic carbocycles. The van der Waals surface area contributed by atoms with E-state index in [1.54, 1.807) is 6.54 Å². The van der Waals surface area contributed by atoms with Gasteiger partial charge in [0.25, 0.3) is 0 Å². The third kappa shape index (κ3) is 3.44. The van der Waals surface area contributed by atoms with Crippen molar-refractivity contribution >= 4 is 84.8 Å². The van der Waals surface area contributed by atoms with Gasteiger partial charge in [0.1, 0.15) is 0 Å². The Morgan fingerprint density at radius 2 is 1.10 bits per heavy atom. The van der Waals surface area contributed by atoms with Gasteiger partial charge in [-0.2, -0.15) is 0 Å². The van der Waals surface area contributed by atoms with Crippen LogP contribution in [0.3, 0.4) is 0 Å². The first-order valence-corrected chi connectivity index (χ1v) is 17.6. The number of rotatable bonds is 0. The topological polar surface area (TPSA) is 6.48 Å². The maximum Gasteiger partial charge on any atom is -1.00 e.